The van der Waals surface area contributed by atoms with E-state index in [1.165, 1.54) is 77.6 Å². The molecule has 1 nitrogen and oxygen atoms in total. The first-order valence-corrected chi connectivity index (χ1v) is 18.0. The van der Waals surface area contributed by atoms with Crippen molar-refractivity contribution < 1.29 is 0 Å². The third kappa shape index (κ3) is 5.38. The fourth-order valence-electron chi connectivity index (χ4n) is 8.81. The second kappa shape index (κ2) is 13.1. The van der Waals surface area contributed by atoms with Gasteiger partial charge in [0, 0.05) is 6.04 Å². The van der Waals surface area contributed by atoms with Gasteiger partial charge in [-0.25, -0.2) is 0 Å². The summed E-state index contributed by atoms with van der Waals surface area (Å²) in [6.07, 6.45) is 10.5. The number of hydrogen-bond donors (Lipinski definition) is 1. The summed E-state index contributed by atoms with van der Waals surface area (Å²) < 4.78 is 0. The van der Waals surface area contributed by atoms with E-state index in [0.29, 0.717) is 6.04 Å². The zero-order valence-electron chi connectivity index (χ0n) is 29.0. The van der Waals surface area contributed by atoms with E-state index in [1.807, 2.05) is 0 Å². The van der Waals surface area contributed by atoms with Gasteiger partial charge in [0.05, 0.1) is 5.41 Å². The Kier molecular flexibility index (Phi) is 8.40. The first kappa shape index (κ1) is 31.3. The van der Waals surface area contributed by atoms with Crippen LogP contribution in [-0.2, 0) is 11.8 Å². The molecular formula is C48H45N. The molecule has 1 N–H and O–H groups in total. The van der Waals surface area contributed by atoms with Crippen molar-refractivity contribution in [1.29, 1.82) is 0 Å². The monoisotopic (exact) mass is 635 g/mol. The second-order valence-corrected chi connectivity index (χ2v) is 13.9. The summed E-state index contributed by atoms with van der Waals surface area (Å²) in [6, 6.07) is 50.4. The van der Waals surface area contributed by atoms with E-state index in [-0.39, 0.29) is 5.41 Å². The summed E-state index contributed by atoms with van der Waals surface area (Å²) in [5.41, 5.74) is 16.0. The minimum Gasteiger partial charge on any atom is -0.313 e. The van der Waals surface area contributed by atoms with E-state index >= 15 is 0 Å². The lowest BCUT2D eigenvalue weighted by atomic mass is 9.63. The van der Waals surface area contributed by atoms with Gasteiger partial charge in [-0.2, -0.15) is 0 Å². The lowest BCUT2D eigenvalue weighted by Gasteiger charge is -2.39. The Bertz CT molecular complexity index is 2160. The van der Waals surface area contributed by atoms with Crippen LogP contribution in [0.3, 0.4) is 0 Å². The van der Waals surface area contributed by atoms with Gasteiger partial charge >= 0.3 is 0 Å². The van der Waals surface area contributed by atoms with Gasteiger partial charge < -0.3 is 5.32 Å². The SMILES string of the molecule is CNC(CCCc1cccc2ccccc12)c1ccc(-c2ccc(C)c(C3(C4=CCCC=C4C)c4ccccc4-c4ccccc43)c2)cc1. The first-order chi connectivity index (χ1) is 24.1. The average molecular weight is 636 g/mol. The van der Waals surface area contributed by atoms with Crippen LogP contribution in [-0.4, -0.2) is 7.05 Å². The molecular weight excluding hydrogens is 591 g/mol. The lowest BCUT2D eigenvalue weighted by Crippen LogP contribution is -2.32. The molecule has 49 heavy (non-hydrogen) atoms. The first-order valence-electron chi connectivity index (χ1n) is 18.0. The number of allylic oxidation sites excluding steroid dienone is 4. The summed E-state index contributed by atoms with van der Waals surface area (Å²) in [4.78, 5) is 0. The van der Waals surface area contributed by atoms with E-state index in [2.05, 4.69) is 172 Å². The van der Waals surface area contributed by atoms with Crippen molar-refractivity contribution in [2.45, 2.75) is 57.4 Å². The fourth-order valence-corrected chi connectivity index (χ4v) is 8.81. The molecule has 242 valence electrons. The molecule has 0 aromatic heterocycles. The number of benzene rings is 6. The molecule has 1 unspecified atom stereocenters. The molecule has 2 aliphatic rings. The molecule has 0 bridgehead atoms. The van der Waals surface area contributed by atoms with Gasteiger partial charge in [0.1, 0.15) is 0 Å². The van der Waals surface area contributed by atoms with E-state index in [4.69, 9.17) is 0 Å². The Morgan fingerprint density at radius 3 is 2.02 bits per heavy atom. The number of aryl methyl sites for hydroxylation is 2. The molecule has 0 heterocycles. The Morgan fingerprint density at radius 2 is 1.29 bits per heavy atom. The highest BCUT2D eigenvalue weighted by atomic mass is 14.9. The highest BCUT2D eigenvalue weighted by Gasteiger charge is 2.48. The predicted molar refractivity (Wildman–Crippen MR) is 208 cm³/mol. The fraction of sp³-hybridized carbons (Fsp3) is 0.208. The molecule has 0 saturated heterocycles. The van der Waals surface area contributed by atoms with Crippen molar-refractivity contribution in [3.63, 3.8) is 0 Å². The van der Waals surface area contributed by atoms with Crippen molar-refractivity contribution in [3.05, 3.63) is 190 Å². The van der Waals surface area contributed by atoms with Crippen LogP contribution in [0.15, 0.2) is 157 Å². The van der Waals surface area contributed by atoms with Crippen LogP contribution in [0.1, 0.15) is 72.0 Å². The van der Waals surface area contributed by atoms with Crippen molar-refractivity contribution in [2.75, 3.05) is 7.05 Å². The topological polar surface area (TPSA) is 12.0 Å². The second-order valence-electron chi connectivity index (χ2n) is 13.9. The van der Waals surface area contributed by atoms with E-state index < -0.39 is 0 Å². The maximum Gasteiger partial charge on any atom is 0.0715 e. The number of nitrogens with one attached hydrogen (secondary N) is 1. The smallest absolute Gasteiger partial charge is 0.0715 e. The molecule has 0 aliphatic heterocycles. The van der Waals surface area contributed by atoms with Crippen molar-refractivity contribution >= 4 is 10.8 Å². The minimum absolute atomic E-state index is 0.320. The highest BCUT2D eigenvalue weighted by Crippen LogP contribution is 2.59. The van der Waals surface area contributed by atoms with Crippen LogP contribution in [0.5, 0.6) is 0 Å². The van der Waals surface area contributed by atoms with E-state index in [9.17, 15) is 0 Å². The average Bonchev–Trinajstić information content (AvgIpc) is 3.45. The molecule has 1 atom stereocenters. The zero-order chi connectivity index (χ0) is 33.4. The van der Waals surface area contributed by atoms with Gasteiger partial charge in [0.2, 0.25) is 0 Å². The molecule has 0 amide bonds. The van der Waals surface area contributed by atoms with Gasteiger partial charge in [-0.05, 0) is 131 Å². The minimum atomic E-state index is -0.352. The van der Waals surface area contributed by atoms with Crippen LogP contribution >= 0.6 is 0 Å². The number of hydrogen-bond acceptors (Lipinski definition) is 1. The lowest BCUT2D eigenvalue weighted by molar-refractivity contribution is 0.527. The van der Waals surface area contributed by atoms with Crippen molar-refractivity contribution in [2.24, 2.45) is 0 Å². The Morgan fingerprint density at radius 1 is 0.633 bits per heavy atom. The van der Waals surface area contributed by atoms with Gasteiger partial charge in [-0.15, -0.1) is 0 Å². The number of rotatable bonds is 9. The van der Waals surface area contributed by atoms with Gasteiger partial charge in [-0.1, -0.05) is 145 Å². The maximum absolute atomic E-state index is 3.61. The molecule has 6 aromatic rings. The molecule has 2 aliphatic carbocycles. The molecule has 6 aromatic carbocycles. The summed E-state index contributed by atoms with van der Waals surface area (Å²) >= 11 is 0. The normalized spacial score (nSPS) is 15.3. The Labute approximate surface area is 292 Å². The van der Waals surface area contributed by atoms with Gasteiger partial charge in [0.15, 0.2) is 0 Å². The summed E-state index contributed by atoms with van der Waals surface area (Å²) in [6.45, 7) is 4.61. The van der Waals surface area contributed by atoms with Gasteiger partial charge in [0.25, 0.3) is 0 Å². The molecule has 0 fully saturated rings. The standard InChI is InChI=1S/C48H45N/c1-33-14-4-9-22-43(33)48(44-23-10-7-20-41(44)42-21-8-11-24-45(42)48)46-32-39(27-26-34(46)2)35-28-30-38(31-29-35)47(49-3)25-13-18-37-17-12-16-36-15-5-6-19-40(36)37/h5-8,10-12,14-17,19-24,26-32,47,49H,4,9,13,18,25H2,1-3H3. The summed E-state index contributed by atoms with van der Waals surface area (Å²) in [5.74, 6) is 0. The Balaban J connectivity index is 1.13. The van der Waals surface area contributed by atoms with Crippen molar-refractivity contribution in [3.8, 4) is 22.3 Å². The third-order valence-electron chi connectivity index (χ3n) is 11.2. The molecule has 1 heteroatoms. The maximum atomic E-state index is 3.61. The summed E-state index contributed by atoms with van der Waals surface area (Å²) in [5, 5.41) is 6.32. The van der Waals surface area contributed by atoms with Crippen LogP contribution < -0.4 is 5.32 Å². The van der Waals surface area contributed by atoms with Crippen LogP contribution in [0.4, 0.5) is 0 Å². The zero-order valence-corrected chi connectivity index (χ0v) is 29.0. The predicted octanol–water partition coefficient (Wildman–Crippen LogP) is 12.1. The Hall–Kier alpha value is -4.98. The molecule has 8 rings (SSSR count). The molecule has 0 spiro atoms. The van der Waals surface area contributed by atoms with E-state index in [1.54, 1.807) is 0 Å². The number of fused-ring (bicyclic) bond motifs is 4. The third-order valence-corrected chi connectivity index (χ3v) is 11.2. The van der Waals surface area contributed by atoms with Gasteiger partial charge in [-0.3, -0.25) is 0 Å². The van der Waals surface area contributed by atoms with Crippen LogP contribution in [0, 0.1) is 6.92 Å². The highest BCUT2D eigenvalue weighted by molar-refractivity contribution is 5.88. The summed E-state index contributed by atoms with van der Waals surface area (Å²) in [7, 11) is 2.09. The van der Waals surface area contributed by atoms with Crippen LogP contribution in [0.2, 0.25) is 0 Å². The molecule has 0 saturated carbocycles. The van der Waals surface area contributed by atoms with Crippen molar-refractivity contribution in [1.82, 2.24) is 5.32 Å². The largest absolute Gasteiger partial charge is 0.313 e. The molecule has 0 radical (unpaired) electrons. The van der Waals surface area contributed by atoms with Crippen LogP contribution in [0.25, 0.3) is 33.0 Å². The quantitative estimate of drug-likeness (QED) is 0.167. The van der Waals surface area contributed by atoms with E-state index in [0.717, 1.165) is 32.1 Å².